The van der Waals surface area contributed by atoms with Crippen LogP contribution in [0.3, 0.4) is 0 Å². The number of rotatable bonds is 4. The molecule has 110 valence electrons. The molecule has 21 heavy (non-hydrogen) atoms. The fraction of sp³-hybridized carbons (Fsp3) is 0.133. The van der Waals surface area contributed by atoms with E-state index in [1.807, 2.05) is 0 Å². The van der Waals surface area contributed by atoms with Crippen LogP contribution in [0.25, 0.3) is 0 Å². The maximum atomic E-state index is 13.7. The Labute approximate surface area is 122 Å². The minimum Gasteiger partial charge on any atom is -0.497 e. The van der Waals surface area contributed by atoms with Gasteiger partial charge in [0, 0.05) is 18.8 Å². The molecule has 0 aliphatic rings. The monoisotopic (exact) mass is 289 g/mol. The van der Waals surface area contributed by atoms with Gasteiger partial charge in [-0.05, 0) is 24.3 Å². The predicted octanol–water partition coefficient (Wildman–Crippen LogP) is 2.40. The van der Waals surface area contributed by atoms with Crippen LogP contribution in [0.5, 0.6) is 5.75 Å². The number of hydrogen-bond donors (Lipinski definition) is 2. The molecule has 0 aliphatic heterocycles. The summed E-state index contributed by atoms with van der Waals surface area (Å²) in [4.78, 5) is 13.9. The Kier molecular flexibility index (Phi) is 4.39. The van der Waals surface area contributed by atoms with Gasteiger partial charge in [-0.3, -0.25) is 10.6 Å². The summed E-state index contributed by atoms with van der Waals surface area (Å²) in [6, 6.07) is 11.2. The van der Waals surface area contributed by atoms with Crippen LogP contribution in [0, 0.1) is 5.82 Å². The van der Waals surface area contributed by atoms with E-state index in [4.69, 9.17) is 10.6 Å². The average Bonchev–Trinajstić information content (AvgIpc) is 2.53. The Morgan fingerprint density at radius 2 is 2.00 bits per heavy atom. The molecule has 1 amide bonds. The molecule has 2 aromatic rings. The molecule has 0 heterocycles. The molecule has 3 N–H and O–H groups in total. The first-order valence-electron chi connectivity index (χ1n) is 6.25. The molecule has 0 spiro atoms. The second-order valence-corrected chi connectivity index (χ2v) is 4.37. The van der Waals surface area contributed by atoms with Gasteiger partial charge in [0.05, 0.1) is 18.4 Å². The van der Waals surface area contributed by atoms with E-state index in [1.54, 1.807) is 38.4 Å². The highest BCUT2D eigenvalue weighted by molar-refractivity contribution is 6.09. The minimum atomic E-state index is -0.581. The first-order chi connectivity index (χ1) is 10.1. The molecule has 0 aromatic heterocycles. The highest BCUT2D eigenvalue weighted by atomic mass is 19.1. The number of ether oxygens (including phenoxy) is 1. The lowest BCUT2D eigenvalue weighted by Gasteiger charge is -2.19. The van der Waals surface area contributed by atoms with Crippen molar-refractivity contribution in [3.63, 3.8) is 0 Å². The van der Waals surface area contributed by atoms with Gasteiger partial charge in [-0.25, -0.2) is 4.39 Å². The fourth-order valence-corrected chi connectivity index (χ4v) is 1.97. The van der Waals surface area contributed by atoms with E-state index in [-0.39, 0.29) is 17.2 Å². The molecule has 2 rings (SSSR count). The molecule has 0 saturated carbocycles. The Hall–Kier alpha value is -2.60. The zero-order chi connectivity index (χ0) is 15.4. The number of carbonyl (C=O) groups excluding carboxylic acids is 1. The van der Waals surface area contributed by atoms with Crippen molar-refractivity contribution in [1.82, 2.24) is 0 Å². The molecular weight excluding hydrogens is 273 g/mol. The SMILES string of the molecule is COc1cccc(N(C)C(=O)c2cccc(F)c2NN)c1. The lowest BCUT2D eigenvalue weighted by atomic mass is 10.1. The van der Waals surface area contributed by atoms with Crippen LogP contribution in [-0.4, -0.2) is 20.1 Å². The lowest BCUT2D eigenvalue weighted by Crippen LogP contribution is -2.28. The van der Waals surface area contributed by atoms with Crippen molar-refractivity contribution < 1.29 is 13.9 Å². The smallest absolute Gasteiger partial charge is 0.260 e. The molecule has 2 aromatic carbocycles. The molecule has 0 saturated heterocycles. The van der Waals surface area contributed by atoms with Crippen LogP contribution in [0.4, 0.5) is 15.8 Å². The molecule has 6 heteroatoms. The molecule has 5 nitrogen and oxygen atoms in total. The van der Waals surface area contributed by atoms with Crippen LogP contribution in [0.15, 0.2) is 42.5 Å². The van der Waals surface area contributed by atoms with Crippen molar-refractivity contribution >= 4 is 17.3 Å². The number of para-hydroxylation sites is 1. The predicted molar refractivity (Wildman–Crippen MR) is 79.9 cm³/mol. The van der Waals surface area contributed by atoms with Crippen molar-refractivity contribution in [2.24, 2.45) is 5.84 Å². The second-order valence-electron chi connectivity index (χ2n) is 4.37. The van der Waals surface area contributed by atoms with E-state index < -0.39 is 5.82 Å². The summed E-state index contributed by atoms with van der Waals surface area (Å²) in [6.45, 7) is 0. The summed E-state index contributed by atoms with van der Waals surface area (Å²) in [7, 11) is 3.15. The Balaban J connectivity index is 2.37. The van der Waals surface area contributed by atoms with Crippen molar-refractivity contribution in [2.75, 3.05) is 24.5 Å². The van der Waals surface area contributed by atoms with Gasteiger partial charge in [0.15, 0.2) is 0 Å². The molecule has 0 unspecified atom stereocenters. The number of nitrogens with two attached hydrogens (primary N) is 1. The summed E-state index contributed by atoms with van der Waals surface area (Å²) in [6.07, 6.45) is 0. The second kappa shape index (κ2) is 6.23. The number of hydrazine groups is 1. The van der Waals surface area contributed by atoms with Gasteiger partial charge in [0.25, 0.3) is 5.91 Å². The first-order valence-corrected chi connectivity index (χ1v) is 6.25. The van der Waals surface area contributed by atoms with Gasteiger partial charge in [-0.15, -0.1) is 0 Å². The topological polar surface area (TPSA) is 67.6 Å². The van der Waals surface area contributed by atoms with Crippen LogP contribution in [0.2, 0.25) is 0 Å². The van der Waals surface area contributed by atoms with E-state index in [9.17, 15) is 9.18 Å². The number of benzene rings is 2. The maximum absolute atomic E-state index is 13.7. The van der Waals surface area contributed by atoms with Gasteiger partial charge in [-0.2, -0.15) is 0 Å². The van der Waals surface area contributed by atoms with Crippen LogP contribution >= 0.6 is 0 Å². The highest BCUT2D eigenvalue weighted by Gasteiger charge is 2.19. The lowest BCUT2D eigenvalue weighted by molar-refractivity contribution is 0.0993. The molecule has 0 aliphatic carbocycles. The standard InChI is InChI=1S/C15H16FN3O2/c1-19(10-5-3-6-11(9-10)21-2)15(20)12-7-4-8-13(16)14(12)18-17/h3-9,18H,17H2,1-2H3. The van der Waals surface area contributed by atoms with E-state index in [0.717, 1.165) is 0 Å². The van der Waals surface area contributed by atoms with Gasteiger partial charge in [-0.1, -0.05) is 12.1 Å². The molecule has 0 fully saturated rings. The van der Waals surface area contributed by atoms with Crippen LogP contribution in [0.1, 0.15) is 10.4 Å². The maximum Gasteiger partial charge on any atom is 0.260 e. The summed E-state index contributed by atoms with van der Waals surface area (Å²) in [5.41, 5.74) is 2.98. The van der Waals surface area contributed by atoms with Crippen LogP contribution < -0.4 is 20.9 Å². The summed E-state index contributed by atoms with van der Waals surface area (Å²) >= 11 is 0. The van der Waals surface area contributed by atoms with E-state index in [2.05, 4.69) is 5.43 Å². The third-order valence-corrected chi connectivity index (χ3v) is 3.13. The molecule has 0 atom stereocenters. The van der Waals surface area contributed by atoms with E-state index >= 15 is 0 Å². The third-order valence-electron chi connectivity index (χ3n) is 3.13. The van der Waals surface area contributed by atoms with E-state index in [1.165, 1.54) is 23.1 Å². The van der Waals surface area contributed by atoms with Gasteiger partial charge in [0.1, 0.15) is 11.6 Å². The number of halogens is 1. The summed E-state index contributed by atoms with van der Waals surface area (Å²) in [5, 5.41) is 0. The normalized spacial score (nSPS) is 10.1. The number of carbonyl (C=O) groups is 1. The zero-order valence-electron chi connectivity index (χ0n) is 11.8. The van der Waals surface area contributed by atoms with Crippen molar-refractivity contribution in [2.45, 2.75) is 0 Å². The number of methoxy groups -OCH3 is 1. The first kappa shape index (κ1) is 14.8. The van der Waals surface area contributed by atoms with Crippen LogP contribution in [-0.2, 0) is 0 Å². The van der Waals surface area contributed by atoms with Gasteiger partial charge in [0.2, 0.25) is 0 Å². The van der Waals surface area contributed by atoms with Crippen molar-refractivity contribution in [3.05, 3.63) is 53.8 Å². The molecular formula is C15H16FN3O2. The van der Waals surface area contributed by atoms with Gasteiger partial charge < -0.3 is 15.1 Å². The average molecular weight is 289 g/mol. The van der Waals surface area contributed by atoms with Crippen molar-refractivity contribution in [1.29, 1.82) is 0 Å². The zero-order valence-corrected chi connectivity index (χ0v) is 11.8. The summed E-state index contributed by atoms with van der Waals surface area (Å²) in [5.74, 6) is 4.96. The number of nitrogens with one attached hydrogen (secondary N) is 1. The number of nitrogens with zero attached hydrogens (tertiary/aromatic N) is 1. The Morgan fingerprint density at radius 3 is 2.67 bits per heavy atom. The Morgan fingerprint density at radius 1 is 1.29 bits per heavy atom. The fourth-order valence-electron chi connectivity index (χ4n) is 1.97. The largest absolute Gasteiger partial charge is 0.497 e. The molecule has 0 bridgehead atoms. The highest BCUT2D eigenvalue weighted by Crippen LogP contribution is 2.25. The third kappa shape index (κ3) is 2.95. The van der Waals surface area contributed by atoms with E-state index in [0.29, 0.717) is 11.4 Å². The summed E-state index contributed by atoms with van der Waals surface area (Å²) < 4.78 is 18.8. The minimum absolute atomic E-state index is 0.0303. The quantitative estimate of drug-likeness (QED) is 0.670. The van der Waals surface area contributed by atoms with Gasteiger partial charge >= 0.3 is 0 Å². The number of nitrogen functional groups attached to an aromatic ring is 1. The van der Waals surface area contributed by atoms with Crippen molar-refractivity contribution in [3.8, 4) is 5.75 Å². The number of anilines is 2. The number of hydrogen-bond acceptors (Lipinski definition) is 4. The molecule has 0 radical (unpaired) electrons. The number of amides is 1. The Bertz CT molecular complexity index is 661.